The molecule has 0 saturated carbocycles. The summed E-state index contributed by atoms with van der Waals surface area (Å²) < 4.78 is 5.37. The van der Waals surface area contributed by atoms with Crippen molar-refractivity contribution in [2.75, 3.05) is 13.1 Å². The molecule has 1 aliphatic rings. The zero-order chi connectivity index (χ0) is 9.52. The molecule has 1 heterocycles. The molecule has 0 bridgehead atoms. The Labute approximate surface area is 79.4 Å². The molecule has 3 nitrogen and oxygen atoms in total. The minimum absolute atomic E-state index is 0.0825. The highest BCUT2D eigenvalue weighted by Crippen LogP contribution is 2.08. The number of allylic oxidation sites excluding steroid dienone is 1. The molecular formula is C10H16N2O. The van der Waals surface area contributed by atoms with Gasteiger partial charge in [-0.25, -0.2) is 0 Å². The van der Waals surface area contributed by atoms with Crippen molar-refractivity contribution in [3.63, 3.8) is 0 Å². The summed E-state index contributed by atoms with van der Waals surface area (Å²) in [5.74, 6) is 0.0825. The molecule has 0 spiro atoms. The van der Waals surface area contributed by atoms with Gasteiger partial charge >= 0.3 is 0 Å². The molecule has 0 saturated heterocycles. The molecule has 0 fully saturated rings. The summed E-state index contributed by atoms with van der Waals surface area (Å²) in [4.78, 5) is 0. The number of nitrogens with zero attached hydrogens (tertiary/aromatic N) is 1. The zero-order valence-corrected chi connectivity index (χ0v) is 7.99. The first kappa shape index (κ1) is 10.1. The summed E-state index contributed by atoms with van der Waals surface area (Å²) in [7, 11) is 0. The van der Waals surface area contributed by atoms with E-state index in [0.717, 1.165) is 25.9 Å². The van der Waals surface area contributed by atoms with E-state index in [0.29, 0.717) is 0 Å². The summed E-state index contributed by atoms with van der Waals surface area (Å²) in [6.07, 6.45) is 6.26. The van der Waals surface area contributed by atoms with Crippen molar-refractivity contribution in [3.05, 3.63) is 12.3 Å². The Bertz CT molecular complexity index is 207. The van der Waals surface area contributed by atoms with Crippen LogP contribution in [0, 0.1) is 17.2 Å². The quantitative estimate of drug-likeness (QED) is 0.711. The lowest BCUT2D eigenvalue weighted by Crippen LogP contribution is -2.31. The van der Waals surface area contributed by atoms with Crippen LogP contribution in [0.1, 0.15) is 19.8 Å². The van der Waals surface area contributed by atoms with Gasteiger partial charge in [0.25, 0.3) is 0 Å². The van der Waals surface area contributed by atoms with Crippen molar-refractivity contribution in [1.82, 2.24) is 5.32 Å². The van der Waals surface area contributed by atoms with Crippen molar-refractivity contribution in [2.24, 2.45) is 5.92 Å². The summed E-state index contributed by atoms with van der Waals surface area (Å²) >= 11 is 0. The Kier molecular flexibility index (Phi) is 4.34. The molecule has 0 aromatic heterocycles. The van der Waals surface area contributed by atoms with Gasteiger partial charge in [0.2, 0.25) is 0 Å². The molecule has 1 rings (SSSR count). The summed E-state index contributed by atoms with van der Waals surface area (Å²) in [5, 5.41) is 11.8. The third-order valence-corrected chi connectivity index (χ3v) is 2.07. The lowest BCUT2D eigenvalue weighted by Gasteiger charge is -2.19. The number of hydrogen-bond donors (Lipinski definition) is 1. The lowest BCUT2D eigenvalue weighted by molar-refractivity contribution is 0.122. The van der Waals surface area contributed by atoms with Crippen LogP contribution >= 0.6 is 0 Å². The van der Waals surface area contributed by atoms with E-state index < -0.39 is 0 Å². The number of rotatable bonds is 4. The molecule has 0 radical (unpaired) electrons. The van der Waals surface area contributed by atoms with Gasteiger partial charge in [-0.15, -0.1) is 0 Å². The van der Waals surface area contributed by atoms with Crippen LogP contribution in [0.3, 0.4) is 0 Å². The highest BCUT2D eigenvalue weighted by Gasteiger charge is 2.10. The molecule has 1 N–H and O–H groups in total. The fraction of sp³-hybridized carbons (Fsp3) is 0.700. The fourth-order valence-electron chi connectivity index (χ4n) is 1.24. The minimum Gasteiger partial charge on any atom is -0.497 e. The van der Waals surface area contributed by atoms with Gasteiger partial charge in [-0.1, -0.05) is 0 Å². The Morgan fingerprint density at radius 3 is 3.23 bits per heavy atom. The van der Waals surface area contributed by atoms with Crippen LogP contribution in [-0.2, 0) is 4.74 Å². The highest BCUT2D eigenvalue weighted by atomic mass is 16.5. The molecule has 0 aromatic rings. The topological polar surface area (TPSA) is 45.0 Å². The molecule has 13 heavy (non-hydrogen) atoms. The highest BCUT2D eigenvalue weighted by molar-refractivity contribution is 4.84. The first-order valence-corrected chi connectivity index (χ1v) is 4.73. The average Bonchev–Trinajstić information content (AvgIpc) is 2.19. The first-order chi connectivity index (χ1) is 6.33. The number of nitrogens with one attached hydrogen (secondary N) is 1. The monoisotopic (exact) mass is 180 g/mol. The molecule has 2 unspecified atom stereocenters. The molecule has 72 valence electrons. The molecule has 0 amide bonds. The molecule has 0 aliphatic carbocycles. The Morgan fingerprint density at radius 2 is 2.62 bits per heavy atom. The second kappa shape index (κ2) is 5.60. The second-order valence-corrected chi connectivity index (χ2v) is 3.40. The van der Waals surface area contributed by atoms with Crippen LogP contribution in [-0.4, -0.2) is 19.2 Å². The summed E-state index contributed by atoms with van der Waals surface area (Å²) in [6.45, 7) is 3.51. The third-order valence-electron chi connectivity index (χ3n) is 2.07. The van der Waals surface area contributed by atoms with Gasteiger partial charge in [-0.2, -0.15) is 5.26 Å². The van der Waals surface area contributed by atoms with E-state index in [9.17, 15) is 0 Å². The van der Waals surface area contributed by atoms with Crippen LogP contribution in [0.4, 0.5) is 0 Å². The fourth-order valence-corrected chi connectivity index (χ4v) is 1.24. The van der Waals surface area contributed by atoms with Crippen LogP contribution in [0.5, 0.6) is 0 Å². The van der Waals surface area contributed by atoms with Gasteiger partial charge in [-0.3, -0.25) is 0 Å². The van der Waals surface area contributed by atoms with Crippen LogP contribution in [0.2, 0.25) is 0 Å². The number of nitriles is 1. The van der Waals surface area contributed by atoms with Gasteiger partial charge in [0, 0.05) is 13.1 Å². The molecule has 2 atom stereocenters. The van der Waals surface area contributed by atoms with Gasteiger partial charge in [0.1, 0.15) is 6.10 Å². The van der Waals surface area contributed by atoms with Gasteiger partial charge in [0.15, 0.2) is 0 Å². The third kappa shape index (κ3) is 3.95. The average molecular weight is 180 g/mol. The SMILES string of the molecule is CC(C#N)CNCC1CCC=CO1. The summed E-state index contributed by atoms with van der Waals surface area (Å²) in [6, 6.07) is 2.19. The van der Waals surface area contributed by atoms with E-state index in [-0.39, 0.29) is 12.0 Å². The first-order valence-electron chi connectivity index (χ1n) is 4.73. The van der Waals surface area contributed by atoms with E-state index in [1.807, 2.05) is 13.0 Å². The Hall–Kier alpha value is -1.01. The molecule has 3 heteroatoms. The van der Waals surface area contributed by atoms with Crippen LogP contribution < -0.4 is 5.32 Å². The van der Waals surface area contributed by atoms with E-state index in [2.05, 4.69) is 11.4 Å². The van der Waals surface area contributed by atoms with Crippen LogP contribution in [0.25, 0.3) is 0 Å². The van der Waals surface area contributed by atoms with E-state index in [1.54, 1.807) is 6.26 Å². The largest absolute Gasteiger partial charge is 0.497 e. The smallest absolute Gasteiger partial charge is 0.110 e. The van der Waals surface area contributed by atoms with Crippen molar-refractivity contribution < 1.29 is 4.74 Å². The lowest BCUT2D eigenvalue weighted by atomic mass is 10.1. The second-order valence-electron chi connectivity index (χ2n) is 3.40. The van der Waals surface area contributed by atoms with E-state index in [4.69, 9.17) is 10.00 Å². The van der Waals surface area contributed by atoms with Gasteiger partial charge in [0.05, 0.1) is 18.2 Å². The Morgan fingerprint density at radius 1 is 1.77 bits per heavy atom. The maximum atomic E-state index is 8.54. The predicted molar refractivity (Wildman–Crippen MR) is 50.9 cm³/mol. The molecule has 1 aliphatic heterocycles. The minimum atomic E-state index is 0.0825. The molecule has 0 aromatic carbocycles. The van der Waals surface area contributed by atoms with E-state index >= 15 is 0 Å². The van der Waals surface area contributed by atoms with Crippen molar-refractivity contribution in [3.8, 4) is 6.07 Å². The predicted octanol–water partition coefficient (Wildman–Crippen LogP) is 1.43. The summed E-state index contributed by atoms with van der Waals surface area (Å²) in [5.41, 5.74) is 0. The molecular weight excluding hydrogens is 164 g/mol. The zero-order valence-electron chi connectivity index (χ0n) is 7.99. The standard InChI is InChI=1S/C10H16N2O/c1-9(6-11)7-12-8-10-4-2-3-5-13-10/h3,5,9-10,12H,2,4,7-8H2,1H3. The normalized spacial score (nSPS) is 23.2. The van der Waals surface area contributed by atoms with Gasteiger partial charge in [-0.05, 0) is 25.8 Å². The van der Waals surface area contributed by atoms with Crippen molar-refractivity contribution in [2.45, 2.75) is 25.9 Å². The van der Waals surface area contributed by atoms with Crippen LogP contribution in [0.15, 0.2) is 12.3 Å². The number of hydrogen-bond acceptors (Lipinski definition) is 3. The van der Waals surface area contributed by atoms with Crippen molar-refractivity contribution in [1.29, 1.82) is 5.26 Å². The Balaban J connectivity index is 2.06. The maximum absolute atomic E-state index is 8.54. The van der Waals surface area contributed by atoms with Gasteiger partial charge < -0.3 is 10.1 Å². The van der Waals surface area contributed by atoms with Crippen molar-refractivity contribution >= 4 is 0 Å². The van der Waals surface area contributed by atoms with E-state index in [1.165, 1.54) is 0 Å². The maximum Gasteiger partial charge on any atom is 0.110 e. The number of ether oxygens (including phenoxy) is 1.